The molecule has 28 heavy (non-hydrogen) atoms. The Labute approximate surface area is 163 Å². The minimum Gasteiger partial charge on any atom is -0.339 e. The lowest BCUT2D eigenvalue weighted by molar-refractivity contribution is -0.127. The zero-order chi connectivity index (χ0) is 19.3. The van der Waals surface area contributed by atoms with Crippen LogP contribution < -0.4 is 5.69 Å². The Morgan fingerprint density at radius 3 is 2.32 bits per heavy atom. The van der Waals surface area contributed by atoms with Gasteiger partial charge < -0.3 is 4.90 Å². The van der Waals surface area contributed by atoms with Crippen molar-refractivity contribution in [3.8, 4) is 5.69 Å². The van der Waals surface area contributed by atoms with Crippen molar-refractivity contribution in [2.24, 2.45) is 0 Å². The first kappa shape index (κ1) is 18.0. The Balaban J connectivity index is 1.43. The van der Waals surface area contributed by atoms with Crippen LogP contribution in [0.4, 0.5) is 0 Å². The summed E-state index contributed by atoms with van der Waals surface area (Å²) < 4.78 is 1.64. The molecule has 0 spiro atoms. The Bertz CT molecular complexity index is 1010. The molecule has 0 saturated carbocycles. The van der Waals surface area contributed by atoms with Crippen LogP contribution in [-0.2, 0) is 4.79 Å². The Kier molecular flexibility index (Phi) is 5.19. The summed E-state index contributed by atoms with van der Waals surface area (Å²) in [6.07, 6.45) is 5.03. The molecule has 2 heterocycles. The summed E-state index contributed by atoms with van der Waals surface area (Å²) in [5.74, 6) is 0.897. The van der Waals surface area contributed by atoms with Gasteiger partial charge in [-0.2, -0.15) is 5.10 Å². The lowest BCUT2D eigenvalue weighted by Gasteiger charge is -2.30. The zero-order valence-corrected chi connectivity index (χ0v) is 15.5. The molecule has 142 valence electrons. The summed E-state index contributed by atoms with van der Waals surface area (Å²) in [5, 5.41) is 6.84. The van der Waals surface area contributed by atoms with Crippen molar-refractivity contribution in [1.82, 2.24) is 19.7 Å². The molecular weight excluding hydrogens is 352 g/mol. The summed E-state index contributed by atoms with van der Waals surface area (Å²) in [6, 6.07) is 19.3. The fourth-order valence-electron chi connectivity index (χ4n) is 3.60. The van der Waals surface area contributed by atoms with Gasteiger partial charge in [-0.1, -0.05) is 48.5 Å². The van der Waals surface area contributed by atoms with Crippen LogP contribution in [0.15, 0.2) is 71.5 Å². The highest BCUT2D eigenvalue weighted by Gasteiger charge is 2.27. The van der Waals surface area contributed by atoms with Crippen LogP contribution in [-0.4, -0.2) is 38.7 Å². The molecule has 0 bridgehead atoms. The molecule has 1 amide bonds. The quantitative estimate of drug-likeness (QED) is 0.714. The molecule has 4 rings (SSSR count). The van der Waals surface area contributed by atoms with Crippen LogP contribution in [0.3, 0.4) is 0 Å². The molecule has 1 aromatic heterocycles. The number of amides is 1. The number of aromatic nitrogens is 3. The van der Waals surface area contributed by atoms with E-state index in [9.17, 15) is 9.59 Å². The topological polar surface area (TPSA) is 71.0 Å². The highest BCUT2D eigenvalue weighted by molar-refractivity contribution is 5.91. The number of hydrogen-bond acceptors (Lipinski definition) is 3. The first-order valence-electron chi connectivity index (χ1n) is 9.47. The molecule has 0 unspecified atom stereocenters. The molecule has 0 radical (unpaired) electrons. The van der Waals surface area contributed by atoms with Gasteiger partial charge in [0.25, 0.3) is 0 Å². The second kappa shape index (κ2) is 8.08. The lowest BCUT2D eigenvalue weighted by atomic mass is 9.95. The van der Waals surface area contributed by atoms with Crippen molar-refractivity contribution in [2.45, 2.75) is 18.8 Å². The van der Waals surface area contributed by atoms with E-state index in [1.165, 1.54) is 0 Å². The van der Waals surface area contributed by atoms with Crippen LogP contribution in [0.2, 0.25) is 0 Å². The third-order valence-electron chi connectivity index (χ3n) is 5.10. The zero-order valence-electron chi connectivity index (χ0n) is 15.5. The summed E-state index contributed by atoms with van der Waals surface area (Å²) in [7, 11) is 0. The van der Waals surface area contributed by atoms with Crippen LogP contribution >= 0.6 is 0 Å². The molecule has 2 aromatic carbocycles. The van der Waals surface area contributed by atoms with E-state index >= 15 is 0 Å². The first-order chi connectivity index (χ1) is 13.7. The average molecular weight is 374 g/mol. The molecular formula is C22H22N4O2. The van der Waals surface area contributed by atoms with Gasteiger partial charge in [0.2, 0.25) is 5.91 Å². The van der Waals surface area contributed by atoms with Gasteiger partial charge in [0, 0.05) is 25.1 Å². The van der Waals surface area contributed by atoms with Gasteiger partial charge >= 0.3 is 5.69 Å². The second-order valence-electron chi connectivity index (χ2n) is 6.90. The van der Waals surface area contributed by atoms with Crippen molar-refractivity contribution in [1.29, 1.82) is 0 Å². The van der Waals surface area contributed by atoms with Gasteiger partial charge in [0.05, 0.1) is 5.69 Å². The molecule has 1 saturated heterocycles. The number of rotatable bonds is 4. The Morgan fingerprint density at radius 2 is 1.64 bits per heavy atom. The molecule has 6 nitrogen and oxygen atoms in total. The number of likely N-dealkylation sites (tertiary alicyclic amines) is 1. The average Bonchev–Trinajstić information content (AvgIpc) is 3.15. The van der Waals surface area contributed by atoms with Crippen molar-refractivity contribution < 1.29 is 4.79 Å². The van der Waals surface area contributed by atoms with Crippen molar-refractivity contribution in [3.05, 3.63) is 88.6 Å². The third-order valence-corrected chi connectivity index (χ3v) is 5.10. The van der Waals surface area contributed by atoms with Gasteiger partial charge in [-0.3, -0.25) is 4.79 Å². The summed E-state index contributed by atoms with van der Waals surface area (Å²) in [5.41, 5.74) is 1.58. The fraction of sp³-hybridized carbons (Fsp3) is 0.227. The summed E-state index contributed by atoms with van der Waals surface area (Å²) in [6.45, 7) is 1.30. The van der Waals surface area contributed by atoms with Crippen molar-refractivity contribution in [2.75, 3.05) is 13.1 Å². The molecule has 1 aliphatic rings. The number of benzene rings is 2. The number of para-hydroxylation sites is 1. The monoisotopic (exact) mass is 374 g/mol. The largest absolute Gasteiger partial charge is 0.347 e. The maximum Gasteiger partial charge on any atom is 0.347 e. The highest BCUT2D eigenvalue weighted by atomic mass is 16.2. The van der Waals surface area contributed by atoms with Crippen LogP contribution in [0.1, 0.15) is 30.1 Å². The number of H-pyrrole nitrogens is 1. The Morgan fingerprint density at radius 1 is 1.00 bits per heavy atom. The summed E-state index contributed by atoms with van der Waals surface area (Å²) >= 11 is 0. The molecule has 1 fully saturated rings. The predicted octanol–water partition coefficient (Wildman–Crippen LogP) is 2.98. The number of piperidine rings is 1. The van der Waals surface area contributed by atoms with Crippen LogP contribution in [0.25, 0.3) is 11.8 Å². The van der Waals surface area contributed by atoms with E-state index in [0.717, 1.165) is 29.9 Å². The standard InChI is InChI=1S/C22H22N4O2/c27-20(12-11-17-7-3-1-4-8-17)25-15-13-18(14-16-25)21-23-24-22(28)26(21)19-9-5-2-6-10-19/h1-12,18H,13-16H2,(H,24,28)/b12-11-. The highest BCUT2D eigenvalue weighted by Crippen LogP contribution is 2.27. The third kappa shape index (κ3) is 3.81. The number of hydrogen-bond donors (Lipinski definition) is 1. The van der Waals surface area contributed by atoms with E-state index in [0.29, 0.717) is 13.1 Å². The fourth-order valence-corrected chi connectivity index (χ4v) is 3.60. The predicted molar refractivity (Wildman–Crippen MR) is 108 cm³/mol. The number of carbonyl (C=O) groups is 1. The second-order valence-corrected chi connectivity index (χ2v) is 6.90. The van der Waals surface area contributed by atoms with Gasteiger partial charge in [-0.15, -0.1) is 0 Å². The van der Waals surface area contributed by atoms with Crippen LogP contribution in [0.5, 0.6) is 0 Å². The van der Waals surface area contributed by atoms with E-state index in [2.05, 4.69) is 10.2 Å². The number of carbonyl (C=O) groups excluding carboxylic acids is 1. The number of nitrogens with zero attached hydrogens (tertiary/aromatic N) is 3. The first-order valence-corrected chi connectivity index (χ1v) is 9.47. The van der Waals surface area contributed by atoms with Gasteiger partial charge in [0.1, 0.15) is 5.82 Å². The van der Waals surface area contributed by atoms with E-state index in [1.807, 2.05) is 71.6 Å². The Hall–Kier alpha value is -3.41. The molecule has 0 atom stereocenters. The minimum absolute atomic E-state index is 0.0183. The van der Waals surface area contributed by atoms with Gasteiger partial charge in [-0.05, 0) is 36.6 Å². The summed E-state index contributed by atoms with van der Waals surface area (Å²) in [4.78, 5) is 26.6. The maximum atomic E-state index is 12.5. The molecule has 3 aromatic rings. The molecule has 0 aliphatic carbocycles. The number of aromatic amines is 1. The molecule has 1 N–H and O–H groups in total. The van der Waals surface area contributed by atoms with Gasteiger partial charge in [0.15, 0.2) is 0 Å². The van der Waals surface area contributed by atoms with Crippen LogP contribution in [0, 0.1) is 0 Å². The lowest BCUT2D eigenvalue weighted by Crippen LogP contribution is -2.37. The van der Waals surface area contributed by atoms with Crippen molar-refractivity contribution in [3.63, 3.8) is 0 Å². The smallest absolute Gasteiger partial charge is 0.339 e. The maximum absolute atomic E-state index is 12.5. The van der Waals surface area contributed by atoms with E-state index in [4.69, 9.17) is 0 Å². The minimum atomic E-state index is -0.231. The van der Waals surface area contributed by atoms with Gasteiger partial charge in [-0.25, -0.2) is 14.5 Å². The molecule has 1 aliphatic heterocycles. The SMILES string of the molecule is O=C(/C=C\c1ccccc1)N1CCC(c2n[nH]c(=O)n2-c2ccccc2)CC1. The van der Waals surface area contributed by atoms with Crippen molar-refractivity contribution >= 4 is 12.0 Å². The van der Waals surface area contributed by atoms with E-state index < -0.39 is 0 Å². The number of nitrogens with one attached hydrogen (secondary N) is 1. The molecule has 6 heteroatoms. The van der Waals surface area contributed by atoms with E-state index in [-0.39, 0.29) is 17.5 Å². The van der Waals surface area contributed by atoms with E-state index in [1.54, 1.807) is 10.6 Å². The normalized spacial score (nSPS) is 15.2.